The summed E-state index contributed by atoms with van der Waals surface area (Å²) in [6, 6.07) is 3.38. The van der Waals surface area contributed by atoms with Crippen LogP contribution in [0.1, 0.15) is 63.1 Å². The second-order valence-corrected chi connectivity index (χ2v) is 6.32. The SMILES string of the molecule is CCNC(c1ccc(C)c(F)c1F)C1CCC(CC)CC1. The summed E-state index contributed by atoms with van der Waals surface area (Å²) in [5.74, 6) is -0.149. The van der Waals surface area contributed by atoms with Gasteiger partial charge in [0.05, 0.1) is 0 Å². The molecule has 1 unspecified atom stereocenters. The minimum Gasteiger partial charge on any atom is -0.310 e. The zero-order valence-electron chi connectivity index (χ0n) is 13.4. The predicted molar refractivity (Wildman–Crippen MR) is 83.3 cm³/mol. The third kappa shape index (κ3) is 3.63. The highest BCUT2D eigenvalue weighted by Gasteiger charge is 2.30. The molecule has 0 aromatic heterocycles. The molecule has 1 N–H and O–H groups in total. The van der Waals surface area contributed by atoms with E-state index in [9.17, 15) is 8.78 Å². The van der Waals surface area contributed by atoms with Gasteiger partial charge >= 0.3 is 0 Å². The van der Waals surface area contributed by atoms with Crippen molar-refractivity contribution in [3.8, 4) is 0 Å². The lowest BCUT2D eigenvalue weighted by Crippen LogP contribution is -2.32. The summed E-state index contributed by atoms with van der Waals surface area (Å²) in [6.07, 6.45) is 5.85. The van der Waals surface area contributed by atoms with Gasteiger partial charge < -0.3 is 5.32 Å². The Morgan fingerprint density at radius 3 is 2.33 bits per heavy atom. The fourth-order valence-electron chi connectivity index (χ4n) is 3.58. The second kappa shape index (κ2) is 7.35. The number of rotatable bonds is 5. The first-order chi connectivity index (χ1) is 10.1. The predicted octanol–water partition coefficient (Wildman–Crippen LogP) is 5.14. The van der Waals surface area contributed by atoms with E-state index in [0.29, 0.717) is 17.0 Å². The average molecular weight is 295 g/mol. The molecule has 1 atom stereocenters. The van der Waals surface area contributed by atoms with Crippen LogP contribution in [-0.4, -0.2) is 6.54 Å². The van der Waals surface area contributed by atoms with Crippen LogP contribution in [0.15, 0.2) is 12.1 Å². The van der Waals surface area contributed by atoms with Gasteiger partial charge in [-0.2, -0.15) is 0 Å². The highest BCUT2D eigenvalue weighted by Crippen LogP contribution is 2.39. The summed E-state index contributed by atoms with van der Waals surface area (Å²) in [6.45, 7) is 6.64. The van der Waals surface area contributed by atoms with Crippen LogP contribution in [0, 0.1) is 30.4 Å². The van der Waals surface area contributed by atoms with Gasteiger partial charge in [0.15, 0.2) is 11.6 Å². The van der Waals surface area contributed by atoms with E-state index in [1.807, 2.05) is 6.92 Å². The first-order valence-electron chi connectivity index (χ1n) is 8.26. The van der Waals surface area contributed by atoms with Gasteiger partial charge in [-0.25, -0.2) is 8.78 Å². The summed E-state index contributed by atoms with van der Waals surface area (Å²) >= 11 is 0. The van der Waals surface area contributed by atoms with Crippen molar-refractivity contribution in [1.29, 1.82) is 0 Å². The highest BCUT2D eigenvalue weighted by atomic mass is 19.2. The van der Waals surface area contributed by atoms with E-state index in [1.165, 1.54) is 19.3 Å². The monoisotopic (exact) mass is 295 g/mol. The molecular weight excluding hydrogens is 268 g/mol. The Kier molecular flexibility index (Phi) is 5.74. The molecule has 0 spiro atoms. The number of hydrogen-bond donors (Lipinski definition) is 1. The van der Waals surface area contributed by atoms with Crippen molar-refractivity contribution in [3.05, 3.63) is 34.9 Å². The van der Waals surface area contributed by atoms with E-state index < -0.39 is 11.6 Å². The largest absolute Gasteiger partial charge is 0.310 e. The fraction of sp³-hybridized carbons (Fsp3) is 0.667. The van der Waals surface area contributed by atoms with Crippen molar-refractivity contribution in [3.63, 3.8) is 0 Å². The zero-order valence-corrected chi connectivity index (χ0v) is 13.4. The van der Waals surface area contributed by atoms with Crippen molar-refractivity contribution in [2.45, 2.75) is 58.9 Å². The molecule has 2 rings (SSSR count). The molecule has 1 nitrogen and oxygen atoms in total. The maximum absolute atomic E-state index is 14.3. The number of halogens is 2. The Morgan fingerprint density at radius 2 is 1.76 bits per heavy atom. The first-order valence-corrected chi connectivity index (χ1v) is 8.26. The number of nitrogens with one attached hydrogen (secondary N) is 1. The number of hydrogen-bond acceptors (Lipinski definition) is 1. The Labute approximate surface area is 127 Å². The Morgan fingerprint density at radius 1 is 1.10 bits per heavy atom. The van der Waals surface area contributed by atoms with E-state index in [2.05, 4.69) is 12.2 Å². The maximum atomic E-state index is 14.3. The molecule has 21 heavy (non-hydrogen) atoms. The summed E-state index contributed by atoms with van der Waals surface area (Å²) in [5, 5.41) is 3.38. The summed E-state index contributed by atoms with van der Waals surface area (Å²) < 4.78 is 28.2. The van der Waals surface area contributed by atoms with Crippen LogP contribution in [0.4, 0.5) is 8.78 Å². The third-order valence-electron chi connectivity index (χ3n) is 5.00. The van der Waals surface area contributed by atoms with Crippen LogP contribution >= 0.6 is 0 Å². The van der Waals surface area contributed by atoms with Gasteiger partial charge in [-0.3, -0.25) is 0 Å². The standard InChI is InChI=1S/C18H27F2N/c1-4-13-7-9-14(10-8-13)18(21-5-2)15-11-6-12(3)16(19)17(15)20/h6,11,13-14,18,21H,4-5,7-10H2,1-3H3. The molecule has 1 fully saturated rings. The van der Waals surface area contributed by atoms with Crippen LogP contribution in [0.5, 0.6) is 0 Å². The van der Waals surface area contributed by atoms with E-state index in [0.717, 1.165) is 25.3 Å². The molecule has 1 aromatic carbocycles. The maximum Gasteiger partial charge on any atom is 0.163 e. The lowest BCUT2D eigenvalue weighted by atomic mass is 9.76. The lowest BCUT2D eigenvalue weighted by molar-refractivity contribution is 0.216. The van der Waals surface area contributed by atoms with Crippen molar-refractivity contribution < 1.29 is 8.78 Å². The van der Waals surface area contributed by atoms with E-state index in [-0.39, 0.29) is 6.04 Å². The molecule has 0 saturated heterocycles. The van der Waals surface area contributed by atoms with E-state index in [1.54, 1.807) is 19.1 Å². The van der Waals surface area contributed by atoms with Crippen LogP contribution < -0.4 is 5.32 Å². The molecule has 0 bridgehead atoms. The van der Waals surface area contributed by atoms with Gasteiger partial charge in [-0.15, -0.1) is 0 Å². The topological polar surface area (TPSA) is 12.0 Å². The Balaban J connectivity index is 2.21. The van der Waals surface area contributed by atoms with Crippen LogP contribution in [-0.2, 0) is 0 Å². The molecule has 0 amide bonds. The molecule has 0 aliphatic heterocycles. The van der Waals surface area contributed by atoms with Gasteiger partial charge in [0, 0.05) is 11.6 Å². The molecule has 1 saturated carbocycles. The van der Waals surface area contributed by atoms with E-state index in [4.69, 9.17) is 0 Å². The lowest BCUT2D eigenvalue weighted by Gasteiger charge is -2.34. The highest BCUT2D eigenvalue weighted by molar-refractivity contribution is 5.28. The average Bonchev–Trinajstić information content (AvgIpc) is 2.51. The van der Waals surface area contributed by atoms with Gasteiger partial charge in [-0.1, -0.05) is 45.2 Å². The fourth-order valence-corrected chi connectivity index (χ4v) is 3.58. The molecule has 0 radical (unpaired) electrons. The zero-order chi connectivity index (χ0) is 15.4. The van der Waals surface area contributed by atoms with Gasteiger partial charge in [0.25, 0.3) is 0 Å². The summed E-state index contributed by atoms with van der Waals surface area (Å²) in [5.41, 5.74) is 0.876. The van der Waals surface area contributed by atoms with Crippen molar-refractivity contribution in [1.82, 2.24) is 5.32 Å². The summed E-state index contributed by atoms with van der Waals surface area (Å²) in [7, 11) is 0. The molecule has 3 heteroatoms. The Hall–Kier alpha value is -0.960. The van der Waals surface area contributed by atoms with Crippen LogP contribution in [0.2, 0.25) is 0 Å². The molecular formula is C18H27F2N. The number of aryl methyl sites for hydroxylation is 1. The van der Waals surface area contributed by atoms with Gasteiger partial charge in [0.1, 0.15) is 0 Å². The third-order valence-corrected chi connectivity index (χ3v) is 5.00. The molecule has 0 heterocycles. The summed E-state index contributed by atoms with van der Waals surface area (Å²) in [4.78, 5) is 0. The van der Waals surface area contributed by atoms with Crippen LogP contribution in [0.25, 0.3) is 0 Å². The normalized spacial score (nSPS) is 24.0. The van der Waals surface area contributed by atoms with Crippen molar-refractivity contribution in [2.75, 3.05) is 6.54 Å². The molecule has 1 aliphatic rings. The molecule has 1 aromatic rings. The Bertz CT molecular complexity index is 465. The van der Waals surface area contributed by atoms with Crippen LogP contribution in [0.3, 0.4) is 0 Å². The minimum absolute atomic E-state index is 0.0668. The smallest absolute Gasteiger partial charge is 0.163 e. The first kappa shape index (κ1) is 16.4. The van der Waals surface area contributed by atoms with Gasteiger partial charge in [-0.05, 0) is 43.7 Å². The minimum atomic E-state index is -0.697. The van der Waals surface area contributed by atoms with E-state index >= 15 is 0 Å². The molecule has 118 valence electrons. The van der Waals surface area contributed by atoms with Crippen molar-refractivity contribution in [2.24, 2.45) is 11.8 Å². The second-order valence-electron chi connectivity index (χ2n) is 6.32. The number of benzene rings is 1. The quantitative estimate of drug-likeness (QED) is 0.793. The van der Waals surface area contributed by atoms with Crippen molar-refractivity contribution >= 4 is 0 Å². The molecule has 1 aliphatic carbocycles. The van der Waals surface area contributed by atoms with Gasteiger partial charge in [0.2, 0.25) is 0 Å².